The first-order chi connectivity index (χ1) is 11.4. The second-order valence-electron chi connectivity index (χ2n) is 4.33. The van der Waals surface area contributed by atoms with E-state index in [2.05, 4.69) is 26.1 Å². The topological polar surface area (TPSA) is 184 Å². The van der Waals surface area contributed by atoms with Gasteiger partial charge < -0.3 is 15.6 Å². The number of nitrogens with one attached hydrogen (secondary N) is 1. The molecule has 0 radical (unpaired) electrons. The van der Waals surface area contributed by atoms with Gasteiger partial charge >= 0.3 is 0 Å². The third-order valence-electron chi connectivity index (χ3n) is 2.77. The lowest BCUT2D eigenvalue weighted by Gasteiger charge is -2.06. The molecule has 0 aliphatic carbocycles. The van der Waals surface area contributed by atoms with E-state index in [4.69, 9.17) is 10.5 Å². The monoisotopic (exact) mass is 336 g/mol. The molecule has 1 heterocycles. The van der Waals surface area contributed by atoms with Gasteiger partial charge in [-0.3, -0.25) is 14.9 Å². The van der Waals surface area contributed by atoms with Gasteiger partial charge in [0.2, 0.25) is 5.95 Å². The van der Waals surface area contributed by atoms with Gasteiger partial charge in [0.05, 0.1) is 24.3 Å². The van der Waals surface area contributed by atoms with Crippen LogP contribution in [0.15, 0.2) is 17.2 Å². The van der Waals surface area contributed by atoms with E-state index in [-0.39, 0.29) is 35.2 Å². The number of aromatic hydroxyl groups is 1. The van der Waals surface area contributed by atoms with E-state index in [1.165, 1.54) is 7.11 Å². The molecule has 0 spiro atoms. The summed E-state index contributed by atoms with van der Waals surface area (Å²) >= 11 is 0. The molecule has 1 aromatic carbocycles. The van der Waals surface area contributed by atoms with Gasteiger partial charge in [-0.25, -0.2) is 10.1 Å². The van der Waals surface area contributed by atoms with Crippen molar-refractivity contribution >= 4 is 23.8 Å². The molecule has 13 heteroatoms. The molecule has 0 unspecified atom stereocenters. The van der Waals surface area contributed by atoms with Crippen molar-refractivity contribution in [1.29, 1.82) is 0 Å². The highest BCUT2D eigenvalue weighted by Gasteiger charge is 2.16. The summed E-state index contributed by atoms with van der Waals surface area (Å²) in [5.74, 6) is -1.10. The Hall–Kier alpha value is -3.77. The highest BCUT2D eigenvalue weighted by Crippen LogP contribution is 2.33. The zero-order chi connectivity index (χ0) is 17.7. The smallest absolute Gasteiger partial charge is 0.274 e. The summed E-state index contributed by atoms with van der Waals surface area (Å²) in [7, 11) is 1.25. The molecule has 2 aromatic rings. The van der Waals surface area contributed by atoms with E-state index in [0.717, 1.165) is 23.0 Å². The first kappa shape index (κ1) is 16.6. The fraction of sp³-hybridized carbons (Fsp3) is 0.182. The summed E-state index contributed by atoms with van der Waals surface area (Å²) in [6, 6.07) is 2.14. The van der Waals surface area contributed by atoms with Crippen LogP contribution in [-0.4, -0.2) is 49.5 Å². The molecule has 4 N–H and O–H groups in total. The maximum Gasteiger partial charge on any atom is 0.274 e. The van der Waals surface area contributed by atoms with Crippen molar-refractivity contribution in [3.05, 3.63) is 27.8 Å². The van der Waals surface area contributed by atoms with Crippen molar-refractivity contribution in [2.75, 3.05) is 12.8 Å². The summed E-state index contributed by atoms with van der Waals surface area (Å²) in [4.78, 5) is 21.8. The van der Waals surface area contributed by atoms with Crippen LogP contribution in [0, 0.1) is 10.1 Å². The summed E-state index contributed by atoms with van der Waals surface area (Å²) in [6.07, 6.45) is 1.03. The first-order valence-corrected chi connectivity index (χ1v) is 6.31. The summed E-state index contributed by atoms with van der Waals surface area (Å²) in [6.45, 7) is -0.277. The third kappa shape index (κ3) is 3.70. The molecular formula is C11H12N8O5. The van der Waals surface area contributed by atoms with Gasteiger partial charge in [0.1, 0.15) is 6.54 Å². The Labute approximate surface area is 133 Å². The highest BCUT2D eigenvalue weighted by atomic mass is 16.6. The normalized spacial score (nSPS) is 10.7. The lowest BCUT2D eigenvalue weighted by molar-refractivity contribution is -0.385. The predicted octanol–water partition coefficient (Wildman–Crippen LogP) is -0.972. The molecule has 0 saturated carbocycles. The Morgan fingerprint density at radius 1 is 1.62 bits per heavy atom. The number of anilines is 1. The van der Waals surface area contributed by atoms with Crippen molar-refractivity contribution in [3.8, 4) is 11.5 Å². The molecule has 13 nitrogen and oxygen atoms in total. The number of non-ortho nitro benzene ring substituents is 1. The van der Waals surface area contributed by atoms with Crippen molar-refractivity contribution in [2.24, 2.45) is 5.10 Å². The molecule has 1 amide bonds. The largest absolute Gasteiger partial charge is 0.504 e. The van der Waals surface area contributed by atoms with Crippen LogP contribution < -0.4 is 15.9 Å². The van der Waals surface area contributed by atoms with Crippen LogP contribution in [0.2, 0.25) is 0 Å². The number of nitro groups is 1. The number of nitro benzene ring substituents is 1. The van der Waals surface area contributed by atoms with E-state index < -0.39 is 10.8 Å². The molecule has 0 aliphatic heterocycles. The SMILES string of the molecule is COc1cc([N+](=O)[O-])cc(/C=N/NC(=O)Cn2nnnc2N)c1O. The number of hydrazone groups is 1. The maximum absolute atomic E-state index is 11.6. The van der Waals surface area contributed by atoms with Crippen molar-refractivity contribution in [3.63, 3.8) is 0 Å². The molecule has 0 bridgehead atoms. The molecule has 24 heavy (non-hydrogen) atoms. The van der Waals surface area contributed by atoms with Crippen LogP contribution in [0.5, 0.6) is 11.5 Å². The number of amides is 1. The van der Waals surface area contributed by atoms with Gasteiger partial charge in [0, 0.05) is 11.6 Å². The Morgan fingerprint density at radius 2 is 2.38 bits per heavy atom. The molecular weight excluding hydrogens is 324 g/mol. The summed E-state index contributed by atoms with van der Waals surface area (Å²) in [5, 5.41) is 34.5. The average Bonchev–Trinajstić information content (AvgIpc) is 2.93. The van der Waals surface area contributed by atoms with Gasteiger partial charge in [-0.1, -0.05) is 5.10 Å². The zero-order valence-electron chi connectivity index (χ0n) is 12.3. The fourth-order valence-electron chi connectivity index (χ4n) is 1.64. The Bertz CT molecular complexity index is 802. The summed E-state index contributed by atoms with van der Waals surface area (Å²) < 4.78 is 5.88. The fourth-order valence-corrected chi connectivity index (χ4v) is 1.64. The number of carbonyl (C=O) groups is 1. The Balaban J connectivity index is 2.11. The Morgan fingerprint density at radius 3 is 2.96 bits per heavy atom. The van der Waals surface area contributed by atoms with Gasteiger partial charge in [-0.05, 0) is 10.4 Å². The van der Waals surface area contributed by atoms with Crippen molar-refractivity contribution in [1.82, 2.24) is 25.6 Å². The van der Waals surface area contributed by atoms with Crippen molar-refractivity contribution in [2.45, 2.75) is 6.54 Å². The van der Waals surface area contributed by atoms with E-state index in [0.29, 0.717) is 0 Å². The van der Waals surface area contributed by atoms with Crippen LogP contribution in [0.3, 0.4) is 0 Å². The molecule has 0 aliphatic rings. The number of hydrogen-bond donors (Lipinski definition) is 3. The number of carbonyl (C=O) groups excluding carboxylic acids is 1. The quantitative estimate of drug-likeness (QED) is 0.339. The number of tetrazole rings is 1. The predicted molar refractivity (Wildman–Crippen MR) is 79.3 cm³/mol. The number of nitrogen functional groups attached to an aromatic ring is 1. The van der Waals surface area contributed by atoms with Crippen LogP contribution in [0.1, 0.15) is 5.56 Å². The number of rotatable bonds is 6. The van der Waals surface area contributed by atoms with Gasteiger partial charge in [-0.2, -0.15) is 5.10 Å². The van der Waals surface area contributed by atoms with Crippen LogP contribution >= 0.6 is 0 Å². The van der Waals surface area contributed by atoms with E-state index in [1.54, 1.807) is 0 Å². The number of phenolic OH excluding ortho intramolecular Hbond substituents is 1. The van der Waals surface area contributed by atoms with Gasteiger partial charge in [0.25, 0.3) is 11.6 Å². The van der Waals surface area contributed by atoms with Crippen LogP contribution in [0.4, 0.5) is 11.6 Å². The minimum atomic E-state index is -0.654. The average molecular weight is 336 g/mol. The second-order valence-corrected chi connectivity index (χ2v) is 4.33. The minimum absolute atomic E-state index is 0.0108. The van der Waals surface area contributed by atoms with Crippen LogP contribution in [-0.2, 0) is 11.3 Å². The number of phenols is 1. The minimum Gasteiger partial charge on any atom is -0.504 e. The lowest BCUT2D eigenvalue weighted by Crippen LogP contribution is -2.24. The lowest BCUT2D eigenvalue weighted by atomic mass is 10.2. The van der Waals surface area contributed by atoms with Crippen molar-refractivity contribution < 1.29 is 19.6 Å². The third-order valence-corrected chi connectivity index (χ3v) is 2.77. The van der Waals surface area contributed by atoms with Crippen LogP contribution in [0.25, 0.3) is 0 Å². The highest BCUT2D eigenvalue weighted by molar-refractivity contribution is 5.87. The molecule has 1 aromatic heterocycles. The number of methoxy groups -OCH3 is 1. The number of ether oxygens (including phenoxy) is 1. The molecule has 0 saturated heterocycles. The molecule has 0 atom stereocenters. The van der Waals surface area contributed by atoms with E-state index >= 15 is 0 Å². The number of nitrogens with zero attached hydrogens (tertiary/aromatic N) is 6. The number of aromatic nitrogens is 4. The molecule has 0 fully saturated rings. The molecule has 126 valence electrons. The number of nitrogens with two attached hydrogens (primary N) is 1. The standard InChI is InChI=1S/C11H12N8O5/c1-24-8-3-7(19(22)23)2-6(10(8)21)4-13-14-9(20)5-18-11(12)15-16-17-18/h2-4,21H,5H2,1H3,(H,14,20)(H2,12,15,17)/b13-4+. The maximum atomic E-state index is 11.6. The number of hydrogen-bond acceptors (Lipinski definition) is 10. The van der Waals surface area contributed by atoms with Gasteiger partial charge in [0.15, 0.2) is 11.5 Å². The van der Waals surface area contributed by atoms with E-state index in [1.807, 2.05) is 0 Å². The zero-order valence-corrected chi connectivity index (χ0v) is 12.3. The van der Waals surface area contributed by atoms with Gasteiger partial charge in [-0.15, -0.1) is 0 Å². The first-order valence-electron chi connectivity index (χ1n) is 6.31. The Kier molecular flexibility index (Phi) is 4.84. The molecule has 2 rings (SSSR count). The summed E-state index contributed by atoms with van der Waals surface area (Å²) in [5.41, 5.74) is 7.23. The van der Waals surface area contributed by atoms with E-state index in [9.17, 15) is 20.0 Å². The number of benzene rings is 1. The second kappa shape index (κ2) is 6.99.